The van der Waals surface area contributed by atoms with Crippen molar-refractivity contribution in [1.29, 1.82) is 0 Å². The number of H-pyrrole nitrogens is 1. The van der Waals surface area contributed by atoms with Crippen molar-refractivity contribution in [1.82, 2.24) is 15.3 Å². The fourth-order valence-corrected chi connectivity index (χ4v) is 1.99. The SMILES string of the molecule is CCNCC(C)c1nc2ccc(CC)cc2[nH]1. The molecular weight excluding hydrogens is 210 g/mol. The van der Waals surface area contributed by atoms with Gasteiger partial charge in [0.05, 0.1) is 11.0 Å². The van der Waals surface area contributed by atoms with E-state index in [4.69, 9.17) is 0 Å². The summed E-state index contributed by atoms with van der Waals surface area (Å²) in [5.41, 5.74) is 3.58. The summed E-state index contributed by atoms with van der Waals surface area (Å²) in [6.07, 6.45) is 1.07. The van der Waals surface area contributed by atoms with Crippen LogP contribution >= 0.6 is 0 Å². The number of rotatable bonds is 5. The molecule has 3 heteroatoms. The molecule has 2 rings (SSSR count). The predicted molar refractivity (Wildman–Crippen MR) is 72.4 cm³/mol. The number of likely N-dealkylation sites (N-methyl/N-ethyl adjacent to an activating group) is 1. The number of imidazole rings is 1. The largest absolute Gasteiger partial charge is 0.342 e. The second kappa shape index (κ2) is 5.32. The maximum atomic E-state index is 4.65. The summed E-state index contributed by atoms with van der Waals surface area (Å²) < 4.78 is 0. The van der Waals surface area contributed by atoms with Gasteiger partial charge in [0.25, 0.3) is 0 Å². The summed E-state index contributed by atoms with van der Waals surface area (Å²) in [4.78, 5) is 8.07. The van der Waals surface area contributed by atoms with E-state index in [2.05, 4.69) is 54.3 Å². The Bertz CT molecular complexity index is 487. The summed E-state index contributed by atoms with van der Waals surface area (Å²) in [5, 5.41) is 3.35. The van der Waals surface area contributed by atoms with Crippen LogP contribution in [-0.4, -0.2) is 23.1 Å². The highest BCUT2D eigenvalue weighted by molar-refractivity contribution is 5.76. The van der Waals surface area contributed by atoms with E-state index in [-0.39, 0.29) is 0 Å². The van der Waals surface area contributed by atoms with Gasteiger partial charge in [-0.15, -0.1) is 0 Å². The lowest BCUT2D eigenvalue weighted by molar-refractivity contribution is 0.614. The van der Waals surface area contributed by atoms with Crippen LogP contribution in [0, 0.1) is 0 Å². The monoisotopic (exact) mass is 231 g/mol. The van der Waals surface area contributed by atoms with Gasteiger partial charge < -0.3 is 10.3 Å². The molecular formula is C14H21N3. The predicted octanol–water partition coefficient (Wildman–Crippen LogP) is 2.84. The van der Waals surface area contributed by atoms with Crippen LogP contribution in [0.4, 0.5) is 0 Å². The molecule has 17 heavy (non-hydrogen) atoms. The molecule has 0 saturated heterocycles. The quantitative estimate of drug-likeness (QED) is 0.830. The van der Waals surface area contributed by atoms with Crippen molar-refractivity contribution < 1.29 is 0 Å². The average Bonchev–Trinajstić information content (AvgIpc) is 2.78. The van der Waals surface area contributed by atoms with Gasteiger partial charge in [0.15, 0.2) is 0 Å². The highest BCUT2D eigenvalue weighted by atomic mass is 14.9. The van der Waals surface area contributed by atoms with Gasteiger partial charge in [-0.05, 0) is 30.7 Å². The minimum absolute atomic E-state index is 0.424. The number of aromatic amines is 1. The Morgan fingerprint density at radius 2 is 2.18 bits per heavy atom. The summed E-state index contributed by atoms with van der Waals surface area (Å²) >= 11 is 0. The number of aryl methyl sites for hydroxylation is 1. The number of benzene rings is 1. The molecule has 2 aromatic rings. The zero-order valence-corrected chi connectivity index (χ0v) is 10.9. The minimum Gasteiger partial charge on any atom is -0.342 e. The zero-order valence-electron chi connectivity index (χ0n) is 10.9. The van der Waals surface area contributed by atoms with Gasteiger partial charge >= 0.3 is 0 Å². The van der Waals surface area contributed by atoms with Crippen molar-refractivity contribution >= 4 is 11.0 Å². The maximum absolute atomic E-state index is 4.65. The standard InChI is InChI=1S/C14H21N3/c1-4-11-6-7-12-13(8-11)17-14(16-12)10(3)9-15-5-2/h6-8,10,15H,4-5,9H2,1-3H3,(H,16,17). The Morgan fingerprint density at radius 3 is 2.88 bits per heavy atom. The number of hydrogen-bond acceptors (Lipinski definition) is 2. The van der Waals surface area contributed by atoms with E-state index in [0.717, 1.165) is 36.4 Å². The minimum atomic E-state index is 0.424. The fraction of sp³-hybridized carbons (Fsp3) is 0.500. The van der Waals surface area contributed by atoms with Gasteiger partial charge in [0.2, 0.25) is 0 Å². The van der Waals surface area contributed by atoms with Crippen molar-refractivity contribution in [3.05, 3.63) is 29.6 Å². The van der Waals surface area contributed by atoms with Crippen LogP contribution in [0.15, 0.2) is 18.2 Å². The van der Waals surface area contributed by atoms with Gasteiger partial charge in [-0.3, -0.25) is 0 Å². The Hall–Kier alpha value is -1.35. The van der Waals surface area contributed by atoms with E-state index in [1.165, 1.54) is 5.56 Å². The van der Waals surface area contributed by atoms with Gasteiger partial charge in [-0.2, -0.15) is 0 Å². The fourth-order valence-electron chi connectivity index (χ4n) is 1.99. The molecule has 0 fully saturated rings. The van der Waals surface area contributed by atoms with Crippen molar-refractivity contribution in [2.75, 3.05) is 13.1 Å². The Morgan fingerprint density at radius 1 is 1.35 bits per heavy atom. The van der Waals surface area contributed by atoms with Crippen molar-refractivity contribution in [2.45, 2.75) is 33.1 Å². The molecule has 0 bridgehead atoms. The molecule has 92 valence electrons. The summed E-state index contributed by atoms with van der Waals surface area (Å²) in [6.45, 7) is 8.47. The maximum Gasteiger partial charge on any atom is 0.111 e. The van der Waals surface area contributed by atoms with Crippen LogP contribution in [0.2, 0.25) is 0 Å². The van der Waals surface area contributed by atoms with Crippen LogP contribution in [0.1, 0.15) is 38.1 Å². The molecule has 1 heterocycles. The van der Waals surface area contributed by atoms with Crippen LogP contribution in [0.3, 0.4) is 0 Å². The molecule has 1 atom stereocenters. The molecule has 1 aromatic carbocycles. The van der Waals surface area contributed by atoms with Crippen molar-refractivity contribution in [3.8, 4) is 0 Å². The van der Waals surface area contributed by atoms with Crippen LogP contribution in [0.25, 0.3) is 11.0 Å². The third-order valence-electron chi connectivity index (χ3n) is 3.14. The molecule has 0 spiro atoms. The smallest absolute Gasteiger partial charge is 0.111 e. The average molecular weight is 231 g/mol. The van der Waals surface area contributed by atoms with Crippen LogP contribution in [-0.2, 0) is 6.42 Å². The Labute approximate surface area is 103 Å². The summed E-state index contributed by atoms with van der Waals surface area (Å²) in [5.74, 6) is 1.50. The van der Waals surface area contributed by atoms with Crippen molar-refractivity contribution in [2.24, 2.45) is 0 Å². The van der Waals surface area contributed by atoms with E-state index >= 15 is 0 Å². The normalized spacial score (nSPS) is 13.1. The first-order chi connectivity index (χ1) is 8.24. The number of hydrogen-bond donors (Lipinski definition) is 2. The first-order valence-electron chi connectivity index (χ1n) is 6.43. The number of aromatic nitrogens is 2. The van der Waals surface area contributed by atoms with Crippen LogP contribution < -0.4 is 5.32 Å². The molecule has 2 N–H and O–H groups in total. The third kappa shape index (κ3) is 2.67. The zero-order chi connectivity index (χ0) is 12.3. The first kappa shape index (κ1) is 12.1. The van der Waals surface area contributed by atoms with E-state index in [9.17, 15) is 0 Å². The third-order valence-corrected chi connectivity index (χ3v) is 3.14. The van der Waals surface area contributed by atoms with Gasteiger partial charge in [0, 0.05) is 12.5 Å². The van der Waals surface area contributed by atoms with Gasteiger partial charge in [-0.1, -0.05) is 26.8 Å². The van der Waals surface area contributed by atoms with Crippen molar-refractivity contribution in [3.63, 3.8) is 0 Å². The Kier molecular flexibility index (Phi) is 3.79. The number of nitrogens with one attached hydrogen (secondary N) is 2. The molecule has 0 saturated carbocycles. The van der Waals surface area contributed by atoms with E-state index in [1.807, 2.05) is 0 Å². The van der Waals surface area contributed by atoms with E-state index < -0.39 is 0 Å². The molecule has 3 nitrogen and oxygen atoms in total. The Balaban J connectivity index is 2.24. The highest BCUT2D eigenvalue weighted by Crippen LogP contribution is 2.18. The summed E-state index contributed by atoms with van der Waals surface area (Å²) in [6, 6.07) is 6.46. The molecule has 0 aliphatic heterocycles. The topological polar surface area (TPSA) is 40.7 Å². The van der Waals surface area contributed by atoms with Crippen LogP contribution in [0.5, 0.6) is 0 Å². The lowest BCUT2D eigenvalue weighted by atomic mass is 10.1. The van der Waals surface area contributed by atoms with E-state index in [0.29, 0.717) is 5.92 Å². The molecule has 0 aliphatic rings. The molecule has 0 aliphatic carbocycles. The number of nitrogens with zero attached hydrogens (tertiary/aromatic N) is 1. The lowest BCUT2D eigenvalue weighted by Gasteiger charge is -2.07. The highest BCUT2D eigenvalue weighted by Gasteiger charge is 2.10. The van der Waals surface area contributed by atoms with Gasteiger partial charge in [-0.25, -0.2) is 4.98 Å². The van der Waals surface area contributed by atoms with Gasteiger partial charge in [0.1, 0.15) is 5.82 Å². The summed E-state index contributed by atoms with van der Waals surface area (Å²) in [7, 11) is 0. The lowest BCUT2D eigenvalue weighted by Crippen LogP contribution is -2.19. The molecule has 1 aromatic heterocycles. The second-order valence-corrected chi connectivity index (χ2v) is 4.54. The molecule has 1 unspecified atom stereocenters. The molecule has 0 amide bonds. The molecule has 0 radical (unpaired) electrons. The number of fused-ring (bicyclic) bond motifs is 1. The van der Waals surface area contributed by atoms with E-state index in [1.54, 1.807) is 0 Å². The second-order valence-electron chi connectivity index (χ2n) is 4.54. The first-order valence-corrected chi connectivity index (χ1v) is 6.43.